The van der Waals surface area contributed by atoms with E-state index in [9.17, 15) is 4.79 Å². The van der Waals surface area contributed by atoms with Crippen LogP contribution < -0.4 is 5.63 Å². The number of hydrogen-bond acceptors (Lipinski definition) is 3. The molecule has 0 N–H and O–H groups in total. The lowest BCUT2D eigenvalue weighted by Crippen LogP contribution is -1.98. The SMILES string of the molecule is Cc1cc(=O)oc2c1ccc1c(S)cccc12. The van der Waals surface area contributed by atoms with Crippen LogP contribution in [0.5, 0.6) is 0 Å². The molecule has 3 heteroatoms. The summed E-state index contributed by atoms with van der Waals surface area (Å²) in [5.74, 6) is 0. The zero-order valence-corrected chi connectivity index (χ0v) is 10.1. The number of hydrogen-bond donors (Lipinski definition) is 1. The van der Waals surface area contributed by atoms with Crippen molar-refractivity contribution in [2.45, 2.75) is 11.8 Å². The molecule has 0 unspecified atom stereocenters. The molecule has 3 rings (SSSR count). The predicted octanol–water partition coefficient (Wildman–Crippen LogP) is 3.54. The van der Waals surface area contributed by atoms with Crippen LogP contribution in [-0.4, -0.2) is 0 Å². The highest BCUT2D eigenvalue weighted by molar-refractivity contribution is 7.80. The van der Waals surface area contributed by atoms with Crippen LogP contribution in [0.2, 0.25) is 0 Å². The second-order valence-electron chi connectivity index (χ2n) is 4.06. The van der Waals surface area contributed by atoms with Gasteiger partial charge in [0.05, 0.1) is 0 Å². The summed E-state index contributed by atoms with van der Waals surface area (Å²) in [6, 6.07) is 11.3. The normalized spacial score (nSPS) is 11.2. The molecular formula is C14H10O2S. The van der Waals surface area contributed by atoms with Crippen LogP contribution in [0, 0.1) is 6.92 Å². The van der Waals surface area contributed by atoms with E-state index in [1.165, 1.54) is 6.07 Å². The lowest BCUT2D eigenvalue weighted by molar-refractivity contribution is 0.563. The predicted molar refractivity (Wildman–Crippen MR) is 72.0 cm³/mol. The fraction of sp³-hybridized carbons (Fsp3) is 0.0714. The molecule has 1 heterocycles. The van der Waals surface area contributed by atoms with Crippen LogP contribution in [0.1, 0.15) is 5.56 Å². The Morgan fingerprint density at radius 3 is 2.65 bits per heavy atom. The Morgan fingerprint density at radius 2 is 1.82 bits per heavy atom. The van der Waals surface area contributed by atoms with Gasteiger partial charge in [-0.05, 0) is 23.9 Å². The smallest absolute Gasteiger partial charge is 0.336 e. The van der Waals surface area contributed by atoms with Gasteiger partial charge in [-0.15, -0.1) is 12.6 Å². The fourth-order valence-corrected chi connectivity index (χ4v) is 2.40. The lowest BCUT2D eigenvalue weighted by atomic mass is 10.0. The summed E-state index contributed by atoms with van der Waals surface area (Å²) in [5.41, 5.74) is 1.26. The third-order valence-corrected chi connectivity index (χ3v) is 3.34. The molecule has 0 aliphatic rings. The van der Waals surface area contributed by atoms with E-state index in [0.29, 0.717) is 5.58 Å². The summed E-state index contributed by atoms with van der Waals surface area (Å²) in [6.45, 7) is 1.91. The van der Waals surface area contributed by atoms with Crippen molar-refractivity contribution in [2.24, 2.45) is 0 Å². The minimum absolute atomic E-state index is 0.313. The number of aryl methyl sites for hydroxylation is 1. The van der Waals surface area contributed by atoms with E-state index >= 15 is 0 Å². The van der Waals surface area contributed by atoms with Gasteiger partial charge in [0.15, 0.2) is 0 Å². The first-order valence-corrected chi connectivity index (χ1v) is 5.77. The Kier molecular flexibility index (Phi) is 2.23. The molecule has 0 spiro atoms. The Hall–Kier alpha value is -1.74. The Labute approximate surface area is 103 Å². The molecule has 0 fully saturated rings. The Balaban J connectivity index is 2.64. The summed E-state index contributed by atoms with van der Waals surface area (Å²) in [7, 11) is 0. The third-order valence-electron chi connectivity index (χ3n) is 2.95. The van der Waals surface area contributed by atoms with Gasteiger partial charge in [0.25, 0.3) is 0 Å². The van der Waals surface area contributed by atoms with E-state index in [2.05, 4.69) is 12.6 Å². The molecule has 2 nitrogen and oxygen atoms in total. The van der Waals surface area contributed by atoms with E-state index in [1.807, 2.05) is 37.3 Å². The maximum atomic E-state index is 11.4. The highest BCUT2D eigenvalue weighted by Crippen LogP contribution is 2.29. The molecule has 84 valence electrons. The van der Waals surface area contributed by atoms with Gasteiger partial charge in [-0.1, -0.05) is 24.3 Å². The van der Waals surface area contributed by atoms with Crippen molar-refractivity contribution < 1.29 is 4.42 Å². The highest BCUT2D eigenvalue weighted by atomic mass is 32.1. The molecule has 2 aromatic carbocycles. The van der Waals surface area contributed by atoms with Gasteiger partial charge in [-0.25, -0.2) is 4.79 Å². The van der Waals surface area contributed by atoms with Gasteiger partial charge < -0.3 is 4.42 Å². The van der Waals surface area contributed by atoms with E-state index in [4.69, 9.17) is 4.42 Å². The maximum Gasteiger partial charge on any atom is 0.336 e. The van der Waals surface area contributed by atoms with Gasteiger partial charge in [0, 0.05) is 21.7 Å². The molecule has 17 heavy (non-hydrogen) atoms. The van der Waals surface area contributed by atoms with Gasteiger partial charge in [-0.2, -0.15) is 0 Å². The summed E-state index contributed by atoms with van der Waals surface area (Å²) in [5, 5.41) is 2.89. The van der Waals surface area contributed by atoms with Crippen molar-refractivity contribution in [1.82, 2.24) is 0 Å². The van der Waals surface area contributed by atoms with Crippen LogP contribution in [0.15, 0.2) is 50.5 Å². The molecule has 0 bridgehead atoms. The quantitative estimate of drug-likeness (QED) is 0.371. The van der Waals surface area contributed by atoms with Crippen LogP contribution in [0.25, 0.3) is 21.7 Å². The number of rotatable bonds is 0. The van der Waals surface area contributed by atoms with E-state index in [-0.39, 0.29) is 5.63 Å². The topological polar surface area (TPSA) is 30.2 Å². The van der Waals surface area contributed by atoms with Gasteiger partial charge in [0.1, 0.15) is 5.58 Å². The Morgan fingerprint density at radius 1 is 1.06 bits per heavy atom. The first kappa shape index (κ1) is 10.4. The third kappa shape index (κ3) is 1.54. The van der Waals surface area contributed by atoms with E-state index < -0.39 is 0 Å². The standard InChI is InChI=1S/C14H10O2S/c1-8-7-13(15)16-14-9(8)5-6-10-11(14)3-2-4-12(10)17/h2-7,17H,1H3. The second kappa shape index (κ2) is 3.64. The van der Waals surface area contributed by atoms with Crippen molar-refractivity contribution in [3.63, 3.8) is 0 Å². The zero-order valence-electron chi connectivity index (χ0n) is 9.23. The average molecular weight is 242 g/mol. The van der Waals surface area contributed by atoms with E-state index in [1.54, 1.807) is 0 Å². The summed E-state index contributed by atoms with van der Waals surface area (Å²) < 4.78 is 5.32. The molecule has 1 aromatic heterocycles. The lowest BCUT2D eigenvalue weighted by Gasteiger charge is -2.05. The second-order valence-corrected chi connectivity index (χ2v) is 4.54. The molecule has 0 saturated carbocycles. The van der Waals surface area contributed by atoms with Crippen LogP contribution in [0.4, 0.5) is 0 Å². The minimum Gasteiger partial charge on any atom is -0.422 e. The van der Waals surface area contributed by atoms with Gasteiger partial charge >= 0.3 is 5.63 Å². The first-order chi connectivity index (χ1) is 8.16. The number of fused-ring (bicyclic) bond motifs is 3. The molecule has 0 amide bonds. The van der Waals surface area contributed by atoms with Gasteiger partial charge in [-0.3, -0.25) is 0 Å². The van der Waals surface area contributed by atoms with Crippen molar-refractivity contribution in [1.29, 1.82) is 0 Å². The van der Waals surface area contributed by atoms with Crippen molar-refractivity contribution >= 4 is 34.4 Å². The summed E-state index contributed by atoms with van der Waals surface area (Å²) in [6.07, 6.45) is 0. The molecule has 0 aliphatic heterocycles. The fourth-order valence-electron chi connectivity index (χ4n) is 2.12. The molecule has 0 aliphatic carbocycles. The molecule has 0 saturated heterocycles. The van der Waals surface area contributed by atoms with Crippen molar-refractivity contribution in [2.75, 3.05) is 0 Å². The zero-order chi connectivity index (χ0) is 12.0. The largest absolute Gasteiger partial charge is 0.422 e. The molecular weight excluding hydrogens is 232 g/mol. The number of thiol groups is 1. The Bertz CT molecular complexity index is 787. The van der Waals surface area contributed by atoms with Crippen LogP contribution in [0.3, 0.4) is 0 Å². The molecule has 0 atom stereocenters. The maximum absolute atomic E-state index is 11.4. The highest BCUT2D eigenvalue weighted by Gasteiger charge is 2.07. The van der Waals surface area contributed by atoms with E-state index in [0.717, 1.165) is 26.6 Å². The molecule has 3 aromatic rings. The van der Waals surface area contributed by atoms with Crippen LogP contribution in [-0.2, 0) is 0 Å². The summed E-state index contributed by atoms with van der Waals surface area (Å²) in [4.78, 5) is 12.3. The van der Waals surface area contributed by atoms with Gasteiger partial charge in [0.2, 0.25) is 0 Å². The molecule has 0 radical (unpaired) electrons. The van der Waals surface area contributed by atoms with Crippen molar-refractivity contribution in [3.05, 3.63) is 52.4 Å². The number of benzene rings is 2. The van der Waals surface area contributed by atoms with Crippen molar-refractivity contribution in [3.8, 4) is 0 Å². The van der Waals surface area contributed by atoms with Crippen LogP contribution >= 0.6 is 12.6 Å². The monoisotopic (exact) mass is 242 g/mol. The average Bonchev–Trinajstić information content (AvgIpc) is 2.29. The first-order valence-electron chi connectivity index (χ1n) is 5.32. The summed E-state index contributed by atoms with van der Waals surface area (Å²) >= 11 is 4.41. The minimum atomic E-state index is -0.313.